The van der Waals surface area contributed by atoms with Gasteiger partial charge in [-0.3, -0.25) is 5.10 Å². The molecule has 4 nitrogen and oxygen atoms in total. The third kappa shape index (κ3) is 3.86. The number of H-pyrrole nitrogens is 1. The summed E-state index contributed by atoms with van der Waals surface area (Å²) in [6, 6.07) is 8.09. The maximum atomic E-state index is 5.44. The number of aromatic nitrogens is 3. The van der Waals surface area contributed by atoms with Gasteiger partial charge >= 0.3 is 0 Å². The highest BCUT2D eigenvalue weighted by molar-refractivity contribution is 9.10. The lowest BCUT2D eigenvalue weighted by atomic mass is 10.1. The van der Waals surface area contributed by atoms with Crippen molar-refractivity contribution in [2.45, 2.75) is 38.8 Å². The standard InChI is InChI=1S/C16H21BrN4S/c17-14-9-5-4-8-13(14)15-18-16(22)21(19-15)12-20-10-6-2-1-3-7-11-20/h4-5,8-9H,1-3,6-7,10-12H2,(H,18,19,22)/p+1. The second-order valence-corrected chi connectivity index (χ2v) is 7.16. The number of rotatable bonds is 3. The predicted molar refractivity (Wildman–Crippen MR) is 94.3 cm³/mol. The third-order valence-corrected chi connectivity index (χ3v) is 5.25. The fourth-order valence-electron chi connectivity index (χ4n) is 3.02. The van der Waals surface area contributed by atoms with Crippen LogP contribution in [0, 0.1) is 4.77 Å². The third-order valence-electron chi connectivity index (χ3n) is 4.25. The summed E-state index contributed by atoms with van der Waals surface area (Å²) in [6.45, 7) is 3.34. The Hall–Kier alpha value is -0.980. The van der Waals surface area contributed by atoms with E-state index < -0.39 is 0 Å². The van der Waals surface area contributed by atoms with Crippen LogP contribution in [-0.2, 0) is 6.67 Å². The number of quaternary nitrogens is 1. The number of halogens is 1. The average molecular weight is 382 g/mol. The number of benzene rings is 1. The first-order chi connectivity index (χ1) is 10.7. The lowest BCUT2D eigenvalue weighted by Crippen LogP contribution is -3.11. The van der Waals surface area contributed by atoms with Crippen LogP contribution in [0.2, 0.25) is 0 Å². The summed E-state index contributed by atoms with van der Waals surface area (Å²) in [6.07, 6.45) is 6.74. The topological polar surface area (TPSA) is 38.0 Å². The zero-order chi connectivity index (χ0) is 15.4. The summed E-state index contributed by atoms with van der Waals surface area (Å²) in [5.41, 5.74) is 1.05. The summed E-state index contributed by atoms with van der Waals surface area (Å²) in [4.78, 5) is 6.12. The molecule has 1 fully saturated rings. The van der Waals surface area contributed by atoms with Gasteiger partial charge in [0.05, 0.1) is 13.1 Å². The molecule has 0 unspecified atom stereocenters. The van der Waals surface area contributed by atoms with E-state index in [0.717, 1.165) is 22.5 Å². The Balaban J connectivity index is 1.77. The molecule has 0 amide bonds. The number of nitrogens with one attached hydrogen (secondary N) is 2. The van der Waals surface area contributed by atoms with Crippen LogP contribution in [0.3, 0.4) is 0 Å². The quantitative estimate of drug-likeness (QED) is 0.801. The minimum absolute atomic E-state index is 0.639. The van der Waals surface area contributed by atoms with Crippen molar-refractivity contribution in [1.82, 2.24) is 14.8 Å². The predicted octanol–water partition coefficient (Wildman–Crippen LogP) is 3.18. The molecule has 1 aliphatic heterocycles. The minimum Gasteiger partial charge on any atom is -0.316 e. The van der Waals surface area contributed by atoms with E-state index in [1.165, 1.54) is 45.2 Å². The number of hydrogen-bond donors (Lipinski definition) is 2. The molecule has 118 valence electrons. The molecule has 0 radical (unpaired) electrons. The number of hydrogen-bond acceptors (Lipinski definition) is 2. The summed E-state index contributed by atoms with van der Waals surface area (Å²) in [5, 5.41) is 3.37. The molecule has 0 saturated carbocycles. The van der Waals surface area contributed by atoms with Crippen molar-refractivity contribution in [2.75, 3.05) is 13.1 Å². The van der Waals surface area contributed by atoms with Crippen LogP contribution >= 0.6 is 28.1 Å². The molecule has 0 bridgehead atoms. The number of nitrogens with zero attached hydrogens (tertiary/aromatic N) is 2. The Kier molecular flexibility index (Phi) is 5.44. The smallest absolute Gasteiger partial charge is 0.221 e. The van der Waals surface area contributed by atoms with Gasteiger partial charge in [-0.1, -0.05) is 40.5 Å². The van der Waals surface area contributed by atoms with Crippen molar-refractivity contribution in [3.8, 4) is 11.4 Å². The molecule has 0 aliphatic carbocycles. The highest BCUT2D eigenvalue weighted by atomic mass is 79.9. The van der Waals surface area contributed by atoms with Crippen LogP contribution in [0.15, 0.2) is 28.7 Å². The Morgan fingerprint density at radius 1 is 1.14 bits per heavy atom. The first-order valence-corrected chi connectivity index (χ1v) is 9.19. The molecule has 2 aromatic rings. The van der Waals surface area contributed by atoms with Crippen molar-refractivity contribution in [3.63, 3.8) is 0 Å². The first-order valence-electron chi connectivity index (χ1n) is 7.99. The molecule has 2 heterocycles. The van der Waals surface area contributed by atoms with E-state index in [2.05, 4.69) is 26.0 Å². The van der Waals surface area contributed by atoms with Gasteiger partial charge in [0.25, 0.3) is 0 Å². The Morgan fingerprint density at radius 2 is 1.82 bits per heavy atom. The number of aromatic amines is 1. The van der Waals surface area contributed by atoms with Gasteiger partial charge in [0.2, 0.25) is 4.77 Å². The Labute approximate surface area is 144 Å². The van der Waals surface area contributed by atoms with E-state index in [1.54, 1.807) is 4.90 Å². The summed E-state index contributed by atoms with van der Waals surface area (Å²) < 4.78 is 3.69. The summed E-state index contributed by atoms with van der Waals surface area (Å²) in [5.74, 6) is 0.837. The second kappa shape index (κ2) is 7.53. The molecule has 1 aliphatic rings. The number of likely N-dealkylation sites (tertiary alicyclic amines) is 1. The van der Waals surface area contributed by atoms with Crippen molar-refractivity contribution in [1.29, 1.82) is 0 Å². The molecule has 22 heavy (non-hydrogen) atoms. The largest absolute Gasteiger partial charge is 0.316 e. The van der Waals surface area contributed by atoms with E-state index in [4.69, 9.17) is 12.2 Å². The highest BCUT2D eigenvalue weighted by Gasteiger charge is 2.14. The molecule has 0 atom stereocenters. The molecular weight excluding hydrogens is 360 g/mol. The van der Waals surface area contributed by atoms with Crippen LogP contribution in [0.4, 0.5) is 0 Å². The molecule has 2 N–H and O–H groups in total. The molecule has 0 spiro atoms. The second-order valence-electron chi connectivity index (χ2n) is 5.94. The van der Waals surface area contributed by atoms with Crippen molar-refractivity contribution in [2.24, 2.45) is 0 Å². The molecule has 1 saturated heterocycles. The fourth-order valence-corrected chi connectivity index (χ4v) is 3.70. The van der Waals surface area contributed by atoms with Gasteiger partial charge in [-0.2, -0.15) is 4.98 Å². The highest BCUT2D eigenvalue weighted by Crippen LogP contribution is 2.24. The van der Waals surface area contributed by atoms with Crippen molar-refractivity contribution >= 4 is 28.1 Å². The normalized spacial score (nSPS) is 17.1. The van der Waals surface area contributed by atoms with Gasteiger partial charge in [0.15, 0.2) is 12.5 Å². The zero-order valence-electron chi connectivity index (χ0n) is 12.6. The van der Waals surface area contributed by atoms with Crippen LogP contribution in [0.1, 0.15) is 32.1 Å². The van der Waals surface area contributed by atoms with E-state index in [9.17, 15) is 0 Å². The van der Waals surface area contributed by atoms with Crippen molar-refractivity contribution < 1.29 is 4.90 Å². The first kappa shape index (κ1) is 15.9. The average Bonchev–Trinajstić information content (AvgIpc) is 2.83. The van der Waals surface area contributed by atoms with Gasteiger partial charge in [-0.15, -0.1) is 0 Å². The minimum atomic E-state index is 0.639. The van der Waals surface area contributed by atoms with Gasteiger partial charge in [0.1, 0.15) is 0 Å². The maximum Gasteiger partial charge on any atom is 0.221 e. The molecule has 6 heteroatoms. The lowest BCUT2D eigenvalue weighted by molar-refractivity contribution is -0.924. The van der Waals surface area contributed by atoms with E-state index in [1.807, 2.05) is 28.9 Å². The monoisotopic (exact) mass is 381 g/mol. The van der Waals surface area contributed by atoms with E-state index in [-0.39, 0.29) is 0 Å². The van der Waals surface area contributed by atoms with Gasteiger partial charge in [0, 0.05) is 10.0 Å². The Morgan fingerprint density at radius 3 is 2.55 bits per heavy atom. The fraction of sp³-hybridized carbons (Fsp3) is 0.500. The van der Waals surface area contributed by atoms with Crippen molar-refractivity contribution in [3.05, 3.63) is 33.5 Å². The van der Waals surface area contributed by atoms with Crippen LogP contribution in [-0.4, -0.2) is 27.9 Å². The van der Waals surface area contributed by atoms with Crippen LogP contribution in [0.25, 0.3) is 11.4 Å². The Bertz CT molecular complexity index is 671. The van der Waals surface area contributed by atoms with E-state index >= 15 is 0 Å². The molecule has 3 rings (SSSR count). The lowest BCUT2D eigenvalue weighted by Gasteiger charge is -2.21. The molecular formula is C16H22BrN4S+. The van der Waals surface area contributed by atoms with Gasteiger partial charge in [-0.05, 0) is 44.0 Å². The summed E-state index contributed by atoms with van der Waals surface area (Å²) in [7, 11) is 0. The van der Waals surface area contributed by atoms with Gasteiger partial charge in [-0.25, -0.2) is 4.68 Å². The summed E-state index contributed by atoms with van der Waals surface area (Å²) >= 11 is 9.01. The molecule has 1 aromatic carbocycles. The van der Waals surface area contributed by atoms with Crippen LogP contribution < -0.4 is 4.90 Å². The molecule has 1 aromatic heterocycles. The van der Waals surface area contributed by atoms with Gasteiger partial charge < -0.3 is 4.90 Å². The van der Waals surface area contributed by atoms with Crippen LogP contribution in [0.5, 0.6) is 0 Å². The SMILES string of the molecule is S=c1nc(-c2ccccc2Br)[nH]n1C[NH+]1CCCCCCC1. The maximum absolute atomic E-state index is 5.44. The van der Waals surface area contributed by atoms with E-state index in [0.29, 0.717) is 4.77 Å². The zero-order valence-corrected chi connectivity index (χ0v) is 15.0.